The Bertz CT molecular complexity index is 661. The van der Waals surface area contributed by atoms with Crippen LogP contribution in [0.3, 0.4) is 0 Å². The Kier molecular flexibility index (Phi) is 4.61. The maximum Gasteiger partial charge on any atom is 0.191 e. The van der Waals surface area contributed by atoms with Crippen LogP contribution in [-0.2, 0) is 19.2 Å². The molecular formula is C13H19N5OS. The van der Waals surface area contributed by atoms with E-state index < -0.39 is 0 Å². The Balaban J connectivity index is 2.13. The normalized spacial score (nSPS) is 11.0. The third-order valence-electron chi connectivity index (χ3n) is 3.25. The highest BCUT2D eigenvalue weighted by molar-refractivity contribution is 7.98. The van der Waals surface area contributed by atoms with Crippen molar-refractivity contribution in [3.63, 3.8) is 0 Å². The smallest absolute Gasteiger partial charge is 0.191 e. The van der Waals surface area contributed by atoms with Gasteiger partial charge >= 0.3 is 0 Å². The lowest BCUT2D eigenvalue weighted by Crippen LogP contribution is -2.12. The van der Waals surface area contributed by atoms with Crippen LogP contribution >= 0.6 is 11.8 Å². The van der Waals surface area contributed by atoms with Gasteiger partial charge in [-0.2, -0.15) is 0 Å². The number of hydrogen-bond acceptors (Lipinski definition) is 5. The number of thioether (sulfide) groups is 1. The second kappa shape index (κ2) is 6.23. The molecule has 0 bridgehead atoms. The maximum absolute atomic E-state index is 11.9. The number of aryl methyl sites for hydroxylation is 1. The Labute approximate surface area is 121 Å². The molecule has 0 aliphatic carbocycles. The fraction of sp³-hybridized carbons (Fsp3) is 0.462. The molecule has 0 aromatic carbocycles. The van der Waals surface area contributed by atoms with Gasteiger partial charge in [-0.25, -0.2) is 0 Å². The van der Waals surface area contributed by atoms with Crippen molar-refractivity contribution in [3.8, 4) is 0 Å². The van der Waals surface area contributed by atoms with Crippen molar-refractivity contribution in [1.29, 1.82) is 0 Å². The molecule has 0 spiro atoms. The first-order valence-electron chi connectivity index (χ1n) is 6.43. The van der Waals surface area contributed by atoms with E-state index in [9.17, 15) is 4.79 Å². The first-order chi connectivity index (χ1) is 9.54. The summed E-state index contributed by atoms with van der Waals surface area (Å²) in [5, 5.41) is 9.09. The van der Waals surface area contributed by atoms with E-state index in [1.54, 1.807) is 18.0 Å². The molecule has 0 radical (unpaired) electrons. The van der Waals surface area contributed by atoms with E-state index >= 15 is 0 Å². The summed E-state index contributed by atoms with van der Waals surface area (Å²) in [6.07, 6.45) is 2.46. The van der Waals surface area contributed by atoms with Crippen molar-refractivity contribution in [2.45, 2.75) is 31.2 Å². The number of aromatic amines is 1. The van der Waals surface area contributed by atoms with Crippen molar-refractivity contribution < 1.29 is 0 Å². The summed E-state index contributed by atoms with van der Waals surface area (Å²) in [7, 11) is 1.93. The Morgan fingerprint density at radius 2 is 2.15 bits per heavy atom. The van der Waals surface area contributed by atoms with Crippen LogP contribution in [0.2, 0.25) is 0 Å². The summed E-state index contributed by atoms with van der Waals surface area (Å²) >= 11 is 1.55. The number of nitrogens with one attached hydrogen (secondary N) is 1. The molecule has 0 atom stereocenters. The molecule has 0 unspecified atom stereocenters. The molecule has 0 saturated heterocycles. The molecule has 2 aromatic rings. The number of nitrogens with two attached hydrogens (primary N) is 1. The molecule has 0 aliphatic heterocycles. The predicted molar refractivity (Wildman–Crippen MR) is 79.9 cm³/mol. The summed E-state index contributed by atoms with van der Waals surface area (Å²) in [4.78, 5) is 15.0. The zero-order chi connectivity index (χ0) is 14.7. The van der Waals surface area contributed by atoms with Gasteiger partial charge in [-0.3, -0.25) is 4.79 Å². The molecule has 2 heterocycles. The standard InChI is InChI=1S/C13H19N5OS/c1-8-6-15-10(9(2)12(8)19)7-20-13-17-16-11(4-5-14)18(13)3/h6H,4-5,7,14H2,1-3H3,(H,15,19). The minimum Gasteiger partial charge on any atom is -0.364 e. The SMILES string of the molecule is Cc1c[nH]c(CSc2nnc(CCN)n2C)c(C)c1=O. The van der Waals surface area contributed by atoms with Crippen LogP contribution in [0.25, 0.3) is 0 Å². The number of H-pyrrole nitrogens is 1. The molecule has 2 rings (SSSR count). The van der Waals surface area contributed by atoms with Crippen LogP contribution in [0.5, 0.6) is 0 Å². The van der Waals surface area contributed by atoms with E-state index in [0.29, 0.717) is 18.7 Å². The summed E-state index contributed by atoms with van der Waals surface area (Å²) in [5.41, 5.74) is 8.05. The Morgan fingerprint density at radius 1 is 1.40 bits per heavy atom. The zero-order valence-electron chi connectivity index (χ0n) is 11.9. The highest BCUT2D eigenvalue weighted by Crippen LogP contribution is 2.21. The lowest BCUT2D eigenvalue weighted by molar-refractivity contribution is 0.726. The van der Waals surface area contributed by atoms with Crippen molar-refractivity contribution in [2.24, 2.45) is 12.8 Å². The van der Waals surface area contributed by atoms with Crippen molar-refractivity contribution in [1.82, 2.24) is 19.7 Å². The third kappa shape index (κ3) is 2.94. The minimum absolute atomic E-state index is 0.0983. The second-order valence-electron chi connectivity index (χ2n) is 4.69. The molecule has 0 aliphatic rings. The van der Waals surface area contributed by atoms with Crippen molar-refractivity contribution >= 4 is 11.8 Å². The predicted octanol–water partition coefficient (Wildman–Crippen LogP) is 0.914. The van der Waals surface area contributed by atoms with E-state index in [0.717, 1.165) is 27.8 Å². The molecule has 0 fully saturated rings. The Morgan fingerprint density at radius 3 is 2.85 bits per heavy atom. The molecule has 6 nitrogen and oxygen atoms in total. The maximum atomic E-state index is 11.9. The molecule has 108 valence electrons. The van der Waals surface area contributed by atoms with Gasteiger partial charge in [0.15, 0.2) is 10.6 Å². The first-order valence-corrected chi connectivity index (χ1v) is 7.42. The van der Waals surface area contributed by atoms with Crippen LogP contribution in [0.4, 0.5) is 0 Å². The second-order valence-corrected chi connectivity index (χ2v) is 5.63. The summed E-state index contributed by atoms with van der Waals surface area (Å²) in [6, 6.07) is 0. The molecule has 0 amide bonds. The van der Waals surface area contributed by atoms with Crippen LogP contribution in [0.1, 0.15) is 22.6 Å². The Hall–Kier alpha value is -1.60. The third-order valence-corrected chi connectivity index (χ3v) is 4.30. The number of nitrogens with zero attached hydrogens (tertiary/aromatic N) is 3. The summed E-state index contributed by atoms with van der Waals surface area (Å²) in [5.74, 6) is 1.54. The van der Waals surface area contributed by atoms with Gasteiger partial charge in [0.05, 0.1) is 0 Å². The van der Waals surface area contributed by atoms with Gasteiger partial charge in [0, 0.05) is 42.2 Å². The first kappa shape index (κ1) is 14.8. The molecule has 0 saturated carbocycles. The van der Waals surface area contributed by atoms with Crippen LogP contribution in [0.15, 0.2) is 16.1 Å². The van der Waals surface area contributed by atoms with Gasteiger partial charge in [-0.1, -0.05) is 11.8 Å². The van der Waals surface area contributed by atoms with E-state index in [-0.39, 0.29) is 5.43 Å². The van der Waals surface area contributed by atoms with Gasteiger partial charge < -0.3 is 15.3 Å². The van der Waals surface area contributed by atoms with Gasteiger partial charge in [0.2, 0.25) is 0 Å². The molecular weight excluding hydrogens is 274 g/mol. The van der Waals surface area contributed by atoms with E-state index in [2.05, 4.69) is 15.2 Å². The van der Waals surface area contributed by atoms with Gasteiger partial charge in [0.25, 0.3) is 0 Å². The van der Waals surface area contributed by atoms with Crippen LogP contribution < -0.4 is 11.2 Å². The zero-order valence-corrected chi connectivity index (χ0v) is 12.8. The fourth-order valence-corrected chi connectivity index (χ4v) is 2.88. The largest absolute Gasteiger partial charge is 0.364 e. The average Bonchev–Trinajstić information content (AvgIpc) is 2.77. The molecule has 3 N–H and O–H groups in total. The van der Waals surface area contributed by atoms with Gasteiger partial charge in [-0.15, -0.1) is 10.2 Å². The fourth-order valence-electron chi connectivity index (χ4n) is 1.91. The minimum atomic E-state index is 0.0983. The molecule has 2 aromatic heterocycles. The molecule has 7 heteroatoms. The highest BCUT2D eigenvalue weighted by atomic mass is 32.2. The van der Waals surface area contributed by atoms with Gasteiger partial charge in [-0.05, 0) is 20.4 Å². The number of pyridine rings is 1. The number of aromatic nitrogens is 4. The van der Waals surface area contributed by atoms with Crippen LogP contribution in [-0.4, -0.2) is 26.3 Å². The summed E-state index contributed by atoms with van der Waals surface area (Å²) < 4.78 is 1.94. The monoisotopic (exact) mass is 293 g/mol. The summed E-state index contributed by atoms with van der Waals surface area (Å²) in [6.45, 7) is 4.21. The number of hydrogen-bond donors (Lipinski definition) is 2. The van der Waals surface area contributed by atoms with Crippen molar-refractivity contribution in [3.05, 3.63) is 39.1 Å². The highest BCUT2D eigenvalue weighted by Gasteiger charge is 2.11. The lowest BCUT2D eigenvalue weighted by Gasteiger charge is -2.06. The topological polar surface area (TPSA) is 89.6 Å². The van der Waals surface area contributed by atoms with E-state index in [1.807, 2.05) is 25.5 Å². The van der Waals surface area contributed by atoms with Gasteiger partial charge in [0.1, 0.15) is 5.82 Å². The van der Waals surface area contributed by atoms with Crippen LogP contribution in [0, 0.1) is 13.8 Å². The quantitative estimate of drug-likeness (QED) is 0.800. The lowest BCUT2D eigenvalue weighted by atomic mass is 10.2. The van der Waals surface area contributed by atoms with E-state index in [1.165, 1.54) is 0 Å². The molecule has 20 heavy (non-hydrogen) atoms. The van der Waals surface area contributed by atoms with E-state index in [4.69, 9.17) is 5.73 Å². The number of rotatable bonds is 5. The average molecular weight is 293 g/mol. The van der Waals surface area contributed by atoms with Crippen molar-refractivity contribution in [2.75, 3.05) is 6.54 Å².